The van der Waals surface area contributed by atoms with Crippen LogP contribution < -0.4 is 29.8 Å². The van der Waals surface area contributed by atoms with Gasteiger partial charge in [0, 0.05) is 36.7 Å². The molecular formula is C27H33N3OSi. The minimum atomic E-state index is -1.81. The standard InChI is InChI=1S/C27H33N3OSi/c1-17-13-21(18(2)25(14-17)31-6)30-19(3)28(4)22-16-27-24(15-23(22)30)29(5)20-11-9-10-12-26(20)32(27,7)8/h9-16,19H,1-8H3/t19-/m0/s1. The van der Waals surface area contributed by atoms with Gasteiger partial charge >= 0.3 is 0 Å². The van der Waals surface area contributed by atoms with E-state index in [9.17, 15) is 0 Å². The number of para-hydroxylation sites is 1. The number of hydrogen-bond acceptors (Lipinski definition) is 4. The second-order valence-corrected chi connectivity index (χ2v) is 14.1. The molecule has 0 spiro atoms. The summed E-state index contributed by atoms with van der Waals surface area (Å²) in [6.07, 6.45) is 0.219. The average Bonchev–Trinajstić information content (AvgIpc) is 3.02. The highest BCUT2D eigenvalue weighted by atomic mass is 28.3. The van der Waals surface area contributed by atoms with Gasteiger partial charge in [0.15, 0.2) is 0 Å². The second kappa shape index (κ2) is 7.04. The molecule has 3 aromatic rings. The number of benzene rings is 3. The minimum Gasteiger partial charge on any atom is -0.496 e. The Bertz CT molecular complexity index is 1240. The lowest BCUT2D eigenvalue weighted by atomic mass is 10.1. The van der Waals surface area contributed by atoms with Crippen LogP contribution >= 0.6 is 0 Å². The van der Waals surface area contributed by atoms with Gasteiger partial charge < -0.3 is 19.4 Å². The first-order valence-corrected chi connectivity index (χ1v) is 14.4. The van der Waals surface area contributed by atoms with Crippen LogP contribution in [0.15, 0.2) is 48.5 Å². The molecule has 0 N–H and O–H groups in total. The first kappa shape index (κ1) is 21.0. The number of rotatable bonds is 2. The van der Waals surface area contributed by atoms with Crippen LogP contribution in [0.1, 0.15) is 18.1 Å². The van der Waals surface area contributed by atoms with Gasteiger partial charge in [-0.3, -0.25) is 0 Å². The van der Waals surface area contributed by atoms with Crippen LogP contribution in [0.2, 0.25) is 13.1 Å². The molecule has 2 aliphatic rings. The van der Waals surface area contributed by atoms with E-state index in [-0.39, 0.29) is 6.17 Å². The molecule has 2 heterocycles. The zero-order valence-corrected chi connectivity index (χ0v) is 21.4. The first-order valence-electron chi connectivity index (χ1n) is 11.4. The zero-order valence-electron chi connectivity index (χ0n) is 20.4. The normalized spacial score (nSPS) is 18.4. The summed E-state index contributed by atoms with van der Waals surface area (Å²) in [6, 6.07) is 18.2. The summed E-state index contributed by atoms with van der Waals surface area (Å²) in [5.74, 6) is 0.945. The molecule has 2 aliphatic heterocycles. The van der Waals surface area contributed by atoms with Crippen molar-refractivity contribution in [3.05, 3.63) is 59.7 Å². The quantitative estimate of drug-likeness (QED) is 0.510. The molecule has 0 radical (unpaired) electrons. The Kier molecular flexibility index (Phi) is 4.61. The molecular weight excluding hydrogens is 410 g/mol. The highest BCUT2D eigenvalue weighted by molar-refractivity contribution is 7.02. The van der Waals surface area contributed by atoms with E-state index in [1.165, 1.54) is 49.9 Å². The van der Waals surface area contributed by atoms with E-state index in [1.807, 2.05) is 0 Å². The van der Waals surface area contributed by atoms with Crippen molar-refractivity contribution in [1.29, 1.82) is 0 Å². The van der Waals surface area contributed by atoms with Gasteiger partial charge in [-0.1, -0.05) is 31.3 Å². The molecule has 166 valence electrons. The first-order chi connectivity index (χ1) is 15.2. The van der Waals surface area contributed by atoms with Gasteiger partial charge in [-0.25, -0.2) is 0 Å². The van der Waals surface area contributed by atoms with Crippen molar-refractivity contribution in [1.82, 2.24) is 0 Å². The topological polar surface area (TPSA) is 19.0 Å². The summed E-state index contributed by atoms with van der Waals surface area (Å²) in [7, 11) is 4.37. The predicted molar refractivity (Wildman–Crippen MR) is 140 cm³/mol. The molecule has 0 bridgehead atoms. The lowest BCUT2D eigenvalue weighted by Crippen LogP contribution is -2.58. The fourth-order valence-corrected chi connectivity index (χ4v) is 8.64. The van der Waals surface area contributed by atoms with Crippen LogP contribution in [0.4, 0.5) is 28.4 Å². The largest absolute Gasteiger partial charge is 0.496 e. The maximum absolute atomic E-state index is 5.71. The van der Waals surface area contributed by atoms with Gasteiger partial charge in [0.1, 0.15) is 20.0 Å². The van der Waals surface area contributed by atoms with E-state index in [1.54, 1.807) is 7.11 Å². The summed E-state index contributed by atoms with van der Waals surface area (Å²) in [6.45, 7) is 11.6. The highest BCUT2D eigenvalue weighted by Gasteiger charge is 2.41. The molecule has 0 aliphatic carbocycles. The lowest BCUT2D eigenvalue weighted by molar-refractivity contribution is 0.411. The van der Waals surface area contributed by atoms with Crippen LogP contribution in [0.5, 0.6) is 5.75 Å². The Balaban J connectivity index is 1.75. The van der Waals surface area contributed by atoms with Gasteiger partial charge in [-0.2, -0.15) is 0 Å². The van der Waals surface area contributed by atoms with Crippen molar-refractivity contribution in [3.63, 3.8) is 0 Å². The second-order valence-electron chi connectivity index (χ2n) is 9.78. The van der Waals surface area contributed by atoms with Crippen LogP contribution in [-0.4, -0.2) is 35.4 Å². The number of ether oxygens (including phenoxy) is 1. The Labute approximate surface area is 193 Å². The minimum absolute atomic E-state index is 0.219. The SMILES string of the molecule is COc1cc(C)cc(N2c3cc4c(cc3N(C)[C@@H]2C)[Si](C)(C)c2ccccc2N4C)c1C. The fraction of sp³-hybridized carbons (Fsp3) is 0.333. The van der Waals surface area contributed by atoms with Crippen molar-refractivity contribution in [3.8, 4) is 5.75 Å². The molecule has 32 heavy (non-hydrogen) atoms. The molecule has 3 aromatic carbocycles. The summed E-state index contributed by atoms with van der Waals surface area (Å²) in [5.41, 5.74) is 8.87. The Hall–Kier alpha value is -2.92. The van der Waals surface area contributed by atoms with Crippen molar-refractivity contribution >= 4 is 46.9 Å². The van der Waals surface area contributed by atoms with Crippen LogP contribution in [0.3, 0.4) is 0 Å². The molecule has 0 unspecified atom stereocenters. The average molecular weight is 444 g/mol. The van der Waals surface area contributed by atoms with Crippen molar-refractivity contribution in [2.75, 3.05) is 35.9 Å². The van der Waals surface area contributed by atoms with E-state index in [4.69, 9.17) is 4.74 Å². The maximum atomic E-state index is 5.71. The molecule has 0 aromatic heterocycles. The molecule has 0 amide bonds. The van der Waals surface area contributed by atoms with Gasteiger partial charge in [0.05, 0.1) is 18.5 Å². The van der Waals surface area contributed by atoms with E-state index in [0.717, 1.165) is 5.75 Å². The van der Waals surface area contributed by atoms with Gasteiger partial charge in [0.2, 0.25) is 0 Å². The molecule has 5 rings (SSSR count). The van der Waals surface area contributed by atoms with Crippen molar-refractivity contribution < 1.29 is 4.74 Å². The Morgan fingerprint density at radius 1 is 0.812 bits per heavy atom. The smallest absolute Gasteiger partial charge is 0.124 e. The van der Waals surface area contributed by atoms with E-state index in [0.29, 0.717) is 0 Å². The highest BCUT2D eigenvalue weighted by Crippen LogP contribution is 2.48. The maximum Gasteiger partial charge on any atom is 0.124 e. The predicted octanol–water partition coefficient (Wildman–Crippen LogP) is 5.15. The zero-order chi connectivity index (χ0) is 22.9. The molecule has 1 atom stereocenters. The Morgan fingerprint density at radius 2 is 1.53 bits per heavy atom. The van der Waals surface area contributed by atoms with E-state index < -0.39 is 8.07 Å². The Morgan fingerprint density at radius 3 is 2.25 bits per heavy atom. The molecule has 5 heteroatoms. The van der Waals surface area contributed by atoms with Crippen molar-refractivity contribution in [2.24, 2.45) is 0 Å². The third-order valence-corrected chi connectivity index (χ3v) is 11.1. The number of hydrogen-bond donors (Lipinski definition) is 0. The monoisotopic (exact) mass is 443 g/mol. The third kappa shape index (κ3) is 2.73. The van der Waals surface area contributed by atoms with Crippen LogP contribution in [0, 0.1) is 13.8 Å². The van der Waals surface area contributed by atoms with Gasteiger partial charge in [0.25, 0.3) is 0 Å². The number of methoxy groups -OCH3 is 1. The number of fused-ring (bicyclic) bond motifs is 3. The summed E-state index contributed by atoms with van der Waals surface area (Å²) in [5, 5.41) is 3.02. The number of nitrogens with zero attached hydrogens (tertiary/aromatic N) is 3. The summed E-state index contributed by atoms with van der Waals surface area (Å²) >= 11 is 0. The molecule has 0 fully saturated rings. The summed E-state index contributed by atoms with van der Waals surface area (Å²) in [4.78, 5) is 7.27. The van der Waals surface area contributed by atoms with Gasteiger partial charge in [-0.15, -0.1) is 0 Å². The lowest BCUT2D eigenvalue weighted by Gasteiger charge is -2.40. The van der Waals surface area contributed by atoms with Crippen LogP contribution in [0.25, 0.3) is 0 Å². The van der Waals surface area contributed by atoms with Crippen molar-refractivity contribution in [2.45, 2.75) is 40.0 Å². The number of anilines is 5. The molecule has 0 saturated heterocycles. The summed E-state index contributed by atoms with van der Waals surface area (Å²) < 4.78 is 5.71. The third-order valence-electron chi connectivity index (χ3n) is 7.60. The van der Waals surface area contributed by atoms with E-state index in [2.05, 4.69) is 111 Å². The van der Waals surface area contributed by atoms with Crippen LogP contribution in [-0.2, 0) is 0 Å². The molecule has 4 nitrogen and oxygen atoms in total. The molecule has 0 saturated carbocycles. The number of aryl methyl sites for hydroxylation is 1. The van der Waals surface area contributed by atoms with Gasteiger partial charge in [-0.05, 0) is 67.0 Å². The van der Waals surface area contributed by atoms with E-state index >= 15 is 0 Å². The fourth-order valence-electron chi connectivity index (χ4n) is 5.56.